The summed E-state index contributed by atoms with van der Waals surface area (Å²) in [4.78, 5) is 158. The molecule has 24 nitrogen and oxygen atoms in total. The molecular formula is C61H71N7O17S. The number of esters is 4. The first-order valence-electron chi connectivity index (χ1n) is 27.8. The lowest BCUT2D eigenvalue weighted by Gasteiger charge is -2.44. The molecule has 458 valence electrons. The molecule has 2 aliphatic heterocycles. The number of nitrogens with zero attached hydrogens (tertiary/aromatic N) is 1. The maximum atomic E-state index is 14.4. The van der Waals surface area contributed by atoms with Crippen molar-refractivity contribution in [2.45, 2.75) is 141 Å². The van der Waals surface area contributed by atoms with Crippen molar-refractivity contribution in [2.24, 2.45) is 0 Å². The van der Waals surface area contributed by atoms with E-state index in [4.69, 9.17) is 18.9 Å². The van der Waals surface area contributed by atoms with Crippen molar-refractivity contribution >= 4 is 83.0 Å². The van der Waals surface area contributed by atoms with Gasteiger partial charge in [-0.2, -0.15) is 0 Å². The van der Waals surface area contributed by atoms with Crippen molar-refractivity contribution in [2.75, 3.05) is 19.6 Å². The summed E-state index contributed by atoms with van der Waals surface area (Å²) < 4.78 is 20.2. The predicted octanol–water partition coefficient (Wildman–Crippen LogP) is 5.06. The molecule has 0 bridgehead atoms. The molecule has 86 heavy (non-hydrogen) atoms. The Morgan fingerprint density at radius 1 is 0.605 bits per heavy atom. The predicted molar refractivity (Wildman–Crippen MR) is 312 cm³/mol. The van der Waals surface area contributed by atoms with Gasteiger partial charge in [-0.3, -0.25) is 52.7 Å². The van der Waals surface area contributed by atoms with Crippen molar-refractivity contribution in [1.29, 1.82) is 0 Å². The number of carbonyl (C=O) groups excluding carboxylic acids is 11. The quantitative estimate of drug-likeness (QED) is 0.0169. The lowest BCUT2D eigenvalue weighted by atomic mass is 9.83. The Morgan fingerprint density at radius 3 is 1.53 bits per heavy atom. The number of fused-ring (bicyclic) bond motifs is 1. The minimum absolute atomic E-state index is 0.0291. The van der Waals surface area contributed by atoms with Gasteiger partial charge in [-0.1, -0.05) is 54.6 Å². The Morgan fingerprint density at radius 2 is 1.06 bits per heavy atom. The number of rotatable bonds is 28. The molecule has 7 N–H and O–H groups in total. The van der Waals surface area contributed by atoms with Crippen molar-refractivity contribution in [3.63, 3.8) is 0 Å². The Labute approximate surface area is 500 Å². The molecule has 0 aromatic heterocycles. The van der Waals surface area contributed by atoms with Crippen molar-refractivity contribution in [3.05, 3.63) is 118 Å². The Kier molecular flexibility index (Phi) is 22.7. The van der Waals surface area contributed by atoms with Crippen LogP contribution in [0.4, 0.5) is 0 Å². The summed E-state index contributed by atoms with van der Waals surface area (Å²) in [5, 5.41) is 26.3. The molecule has 4 unspecified atom stereocenters. The highest BCUT2D eigenvalue weighted by molar-refractivity contribution is 8.01. The Bertz CT molecular complexity index is 3180. The second kappa shape index (κ2) is 29.6. The second-order valence-corrected chi connectivity index (χ2v) is 23.1. The fourth-order valence-electron chi connectivity index (χ4n) is 10.2. The minimum Gasteiger partial charge on any atom is -0.480 e. The molecule has 7 amide bonds. The average Bonchev–Trinajstić information content (AvgIpc) is 1.56. The number of carbonyl (C=O) groups is 12. The summed E-state index contributed by atoms with van der Waals surface area (Å²) in [7, 11) is 0. The van der Waals surface area contributed by atoms with Gasteiger partial charge in [-0.25, -0.2) is 4.79 Å². The van der Waals surface area contributed by atoms with Crippen LogP contribution in [0.15, 0.2) is 84.9 Å². The van der Waals surface area contributed by atoms with Crippen LogP contribution in [0.3, 0.4) is 0 Å². The lowest BCUT2D eigenvalue weighted by Crippen LogP contribution is -2.71. The van der Waals surface area contributed by atoms with Gasteiger partial charge in [-0.05, 0) is 113 Å². The highest BCUT2D eigenvalue weighted by Crippen LogP contribution is 2.51. The van der Waals surface area contributed by atoms with Gasteiger partial charge in [0, 0.05) is 76.0 Å². The summed E-state index contributed by atoms with van der Waals surface area (Å²) in [6.07, 6.45) is 0.272. The van der Waals surface area contributed by atoms with E-state index in [1.54, 1.807) is 56.3 Å². The fourth-order valence-corrected chi connectivity index (χ4v) is 11.9. The summed E-state index contributed by atoms with van der Waals surface area (Å²) in [6, 6.07) is 18.3. The maximum Gasteiger partial charge on any atom is 0.327 e. The van der Waals surface area contributed by atoms with E-state index >= 15 is 0 Å². The van der Waals surface area contributed by atoms with Crippen molar-refractivity contribution < 1.29 is 81.6 Å². The van der Waals surface area contributed by atoms with Crippen LogP contribution in [0.1, 0.15) is 147 Å². The number of thioether (sulfide) groups is 1. The van der Waals surface area contributed by atoms with Gasteiger partial charge in [0.05, 0.1) is 11.1 Å². The highest BCUT2D eigenvalue weighted by Gasteiger charge is 2.64. The molecule has 4 aromatic carbocycles. The van der Waals surface area contributed by atoms with E-state index in [1.807, 2.05) is 19.9 Å². The van der Waals surface area contributed by atoms with Crippen LogP contribution in [-0.4, -0.2) is 129 Å². The summed E-state index contributed by atoms with van der Waals surface area (Å²) in [5.41, 5.74) is 1.10. The molecule has 0 radical (unpaired) electrons. The molecule has 2 fully saturated rings. The molecule has 0 spiro atoms. The zero-order valence-electron chi connectivity index (χ0n) is 49.0. The molecule has 2 heterocycles. The first-order valence-corrected chi connectivity index (χ1v) is 28.7. The number of aliphatic carboxylic acids is 1. The average molecular weight is 1210 g/mol. The molecule has 0 saturated carbocycles. The van der Waals surface area contributed by atoms with Crippen LogP contribution in [0.25, 0.3) is 0 Å². The monoisotopic (exact) mass is 1210 g/mol. The van der Waals surface area contributed by atoms with E-state index in [0.717, 1.165) is 38.8 Å². The lowest BCUT2D eigenvalue weighted by molar-refractivity contribution is -0.161. The standard InChI is InChI=1S/C61H71N7O17S/c1-34-18-12-21-41(35(34)2)53(75)62-31-15-28-61(29-16-32-63-54(76)42-22-13-24-44(82-36(3)69)50(42)84-38(5)71,30-17-33-64-55(77)43-23-14-25-45(83-37(4)70)51(43)85-39(6)72)67-47(74)27-26-46(73)65-48(40-19-10-9-11-20-40)56(78)66-49-57(79)68-52(59(80)81)60(7,8)86-58(49)68/h9-14,18-25,48-49,52,58H,15-17,26-33H2,1-8H3,(H,62,75)(H,63,76)(H,64,77)(H,65,73)(H,66,78)(H,67,74)(H,80,81). The molecule has 4 atom stereocenters. The molecular weight excluding hydrogens is 1130 g/mol. The topological polar surface area (TPSA) is 337 Å². The van der Waals surface area contributed by atoms with Crippen molar-refractivity contribution in [1.82, 2.24) is 36.8 Å². The fraction of sp³-hybridized carbons (Fsp3) is 0.410. The number of hydrogen-bond acceptors (Lipinski definition) is 17. The summed E-state index contributed by atoms with van der Waals surface area (Å²) in [5.74, 6) is -9.50. The van der Waals surface area contributed by atoms with Gasteiger partial charge in [0.15, 0.2) is 23.0 Å². The van der Waals surface area contributed by atoms with Crippen LogP contribution in [-0.2, 0) is 43.2 Å². The first-order chi connectivity index (χ1) is 40.7. The Balaban J connectivity index is 1.24. The zero-order chi connectivity index (χ0) is 63.0. The number of β-lactam (4-membered cyclic amide) rings is 1. The normalized spacial score (nSPS) is 15.9. The number of para-hydroxylation sites is 2. The van der Waals surface area contributed by atoms with Gasteiger partial charge >= 0.3 is 29.8 Å². The van der Waals surface area contributed by atoms with E-state index < -0.39 is 112 Å². The van der Waals surface area contributed by atoms with Gasteiger partial charge in [0.25, 0.3) is 17.7 Å². The third kappa shape index (κ3) is 17.3. The van der Waals surface area contributed by atoms with E-state index in [2.05, 4.69) is 31.9 Å². The first kappa shape index (κ1) is 66.0. The molecule has 2 saturated heterocycles. The molecule has 4 aromatic rings. The number of amides is 7. The van der Waals surface area contributed by atoms with Crippen LogP contribution >= 0.6 is 11.8 Å². The molecule has 2 aliphatic rings. The number of carboxylic acid groups (broad SMARTS) is 1. The van der Waals surface area contributed by atoms with Crippen LogP contribution in [0.2, 0.25) is 0 Å². The SMILES string of the molecule is CC(=O)Oc1cccc(C(=O)NCCCC(CCCNC(=O)c2cccc(C)c2C)(CCCNC(=O)c2cccc(OC(C)=O)c2OC(C)=O)NC(=O)CCC(=O)NC(C(=O)NC2C(=O)N3C2SC(C)(C)C3C(=O)O)c2ccccc2)c1OC(C)=O. The van der Waals surface area contributed by atoms with E-state index in [0.29, 0.717) is 11.1 Å². The van der Waals surface area contributed by atoms with Crippen LogP contribution in [0, 0.1) is 13.8 Å². The number of benzene rings is 4. The second-order valence-electron chi connectivity index (χ2n) is 21.3. The largest absolute Gasteiger partial charge is 0.480 e. The molecule has 6 rings (SSSR count). The van der Waals surface area contributed by atoms with Crippen molar-refractivity contribution in [3.8, 4) is 23.0 Å². The van der Waals surface area contributed by atoms with E-state index in [9.17, 15) is 62.6 Å². The molecule has 0 aliphatic carbocycles. The highest BCUT2D eigenvalue weighted by atomic mass is 32.2. The smallest absolute Gasteiger partial charge is 0.327 e. The number of aryl methyl sites for hydroxylation is 1. The maximum absolute atomic E-state index is 14.4. The zero-order valence-corrected chi connectivity index (χ0v) is 49.8. The Hall–Kier alpha value is -9.13. The summed E-state index contributed by atoms with van der Waals surface area (Å²) in [6.45, 7) is 11.7. The van der Waals surface area contributed by atoms with Gasteiger partial charge in [0.1, 0.15) is 23.5 Å². The third-order valence-corrected chi connectivity index (χ3v) is 15.9. The van der Waals surface area contributed by atoms with Gasteiger partial charge < -0.3 is 60.9 Å². The number of ether oxygens (including phenoxy) is 4. The minimum atomic E-state index is -1.34. The van der Waals surface area contributed by atoms with E-state index in [-0.39, 0.29) is 98.2 Å². The third-order valence-electron chi connectivity index (χ3n) is 14.3. The molecule has 25 heteroatoms. The number of nitrogens with one attached hydrogen (secondary N) is 6. The van der Waals surface area contributed by atoms with E-state index in [1.165, 1.54) is 53.1 Å². The van der Waals surface area contributed by atoms with Crippen LogP contribution in [0.5, 0.6) is 23.0 Å². The van der Waals surface area contributed by atoms with Gasteiger partial charge in [0.2, 0.25) is 23.6 Å². The number of carboxylic acids is 1. The van der Waals surface area contributed by atoms with Crippen LogP contribution < -0.4 is 50.8 Å². The number of hydrogen-bond donors (Lipinski definition) is 7. The summed E-state index contributed by atoms with van der Waals surface area (Å²) >= 11 is 1.24. The van der Waals surface area contributed by atoms with Gasteiger partial charge in [-0.15, -0.1) is 11.8 Å².